The Labute approximate surface area is 205 Å². The van der Waals surface area contributed by atoms with Crippen molar-refractivity contribution < 1.29 is 23.9 Å². The van der Waals surface area contributed by atoms with Crippen molar-refractivity contribution in [3.8, 4) is 0 Å². The molecule has 0 fully saturated rings. The van der Waals surface area contributed by atoms with Gasteiger partial charge >= 0.3 is 5.97 Å². The summed E-state index contributed by atoms with van der Waals surface area (Å²) in [5, 5.41) is 10.9. The topological polar surface area (TPSA) is 66.4 Å². The molecule has 0 saturated heterocycles. The molecule has 0 aliphatic carbocycles. The van der Waals surface area contributed by atoms with E-state index in [-0.39, 0.29) is 12.4 Å². The van der Waals surface area contributed by atoms with Gasteiger partial charge < -0.3 is 19.1 Å². The molecule has 0 aliphatic heterocycles. The van der Waals surface area contributed by atoms with Gasteiger partial charge in [0, 0.05) is 18.8 Å². The second-order valence-corrected chi connectivity index (χ2v) is 11.2. The Hall–Kier alpha value is -1.10. The number of esters is 1. The zero-order valence-corrected chi connectivity index (χ0v) is 22.7. The van der Waals surface area contributed by atoms with Crippen LogP contribution < -0.4 is 5.11 Å². The molecule has 5 heteroatoms. The summed E-state index contributed by atoms with van der Waals surface area (Å²) in [6.07, 6.45) is 20.2. The number of carboxylic acids is 1. The Kier molecular flexibility index (Phi) is 19.6. The lowest BCUT2D eigenvalue weighted by atomic mass is 9.96. The Balaban J connectivity index is 3.55. The highest BCUT2D eigenvalue weighted by Gasteiger charge is 2.22. The lowest BCUT2D eigenvalue weighted by Crippen LogP contribution is -2.45. The van der Waals surface area contributed by atoms with Crippen LogP contribution in [0.15, 0.2) is 0 Å². The lowest BCUT2D eigenvalue weighted by molar-refractivity contribution is -0.873. The van der Waals surface area contributed by atoms with Gasteiger partial charge in [0.1, 0.15) is 6.54 Å². The van der Waals surface area contributed by atoms with E-state index in [1.807, 2.05) is 21.1 Å². The van der Waals surface area contributed by atoms with Gasteiger partial charge in [-0.15, -0.1) is 0 Å². The van der Waals surface area contributed by atoms with Crippen LogP contribution in [0.25, 0.3) is 0 Å². The number of carboxylic acid groups (broad SMARTS) is 1. The maximum Gasteiger partial charge on any atom is 0.306 e. The van der Waals surface area contributed by atoms with Crippen LogP contribution in [0.1, 0.15) is 129 Å². The van der Waals surface area contributed by atoms with E-state index in [2.05, 4.69) is 13.8 Å². The minimum atomic E-state index is -1.17. The number of nitrogens with zero attached hydrogens (tertiary/aromatic N) is 1. The van der Waals surface area contributed by atoms with Crippen LogP contribution in [-0.4, -0.2) is 50.2 Å². The average molecular weight is 470 g/mol. The van der Waals surface area contributed by atoms with E-state index in [0.717, 1.165) is 25.2 Å². The summed E-state index contributed by atoms with van der Waals surface area (Å²) in [7, 11) is 5.85. The number of unbranched alkanes of at least 4 members (excludes halogenated alkanes) is 12. The van der Waals surface area contributed by atoms with Gasteiger partial charge in [0.25, 0.3) is 0 Å². The van der Waals surface area contributed by atoms with E-state index in [4.69, 9.17) is 4.74 Å². The Morgan fingerprint density at radius 3 is 1.67 bits per heavy atom. The molecular weight excluding hydrogens is 414 g/mol. The smallest absolute Gasteiger partial charge is 0.306 e. The number of likely N-dealkylation sites (N-methyl/N-ethyl adjacent to an activating group) is 1. The fourth-order valence-electron chi connectivity index (χ4n) is 4.43. The molecule has 0 aromatic heterocycles. The van der Waals surface area contributed by atoms with E-state index < -0.39 is 12.1 Å². The van der Waals surface area contributed by atoms with Crippen molar-refractivity contribution >= 4 is 11.9 Å². The number of quaternary nitrogens is 1. The molecule has 0 bridgehead atoms. The molecule has 0 spiro atoms. The van der Waals surface area contributed by atoms with Crippen LogP contribution in [0.2, 0.25) is 0 Å². The van der Waals surface area contributed by atoms with Crippen LogP contribution in [0.4, 0.5) is 0 Å². The summed E-state index contributed by atoms with van der Waals surface area (Å²) < 4.78 is 5.94. The Morgan fingerprint density at radius 2 is 1.21 bits per heavy atom. The molecule has 0 heterocycles. The van der Waals surface area contributed by atoms with E-state index in [9.17, 15) is 14.7 Å². The standard InChI is InChI=1S/C28H55NO4/c1-6-7-17-20-25(2)21-18-15-13-11-9-8-10-12-14-16-19-22-28(32)33-26(23-27(30)31)24-29(3,4)5/h25-26H,6-24H2,1-5H3. The predicted octanol–water partition coefficient (Wildman–Crippen LogP) is 6.03. The summed E-state index contributed by atoms with van der Waals surface area (Å²) in [6.45, 7) is 5.16. The molecule has 0 rings (SSSR count). The van der Waals surface area contributed by atoms with E-state index in [0.29, 0.717) is 17.4 Å². The molecule has 2 atom stereocenters. The summed E-state index contributed by atoms with van der Waals surface area (Å²) in [6, 6.07) is 0. The van der Waals surface area contributed by atoms with Crippen LogP contribution in [0.5, 0.6) is 0 Å². The maximum absolute atomic E-state index is 12.1. The average Bonchev–Trinajstić information content (AvgIpc) is 2.69. The number of hydrogen-bond donors (Lipinski definition) is 0. The van der Waals surface area contributed by atoms with Crippen LogP contribution in [0, 0.1) is 5.92 Å². The first-order valence-electron chi connectivity index (χ1n) is 13.8. The third-order valence-corrected chi connectivity index (χ3v) is 6.32. The summed E-state index contributed by atoms with van der Waals surface area (Å²) in [5.41, 5.74) is 0. The molecule has 33 heavy (non-hydrogen) atoms. The molecule has 0 saturated carbocycles. The van der Waals surface area contributed by atoms with Gasteiger partial charge in [-0.1, -0.05) is 110 Å². The van der Waals surface area contributed by atoms with Crippen molar-refractivity contribution in [2.75, 3.05) is 27.7 Å². The molecule has 0 aromatic carbocycles. The van der Waals surface area contributed by atoms with E-state index in [1.54, 1.807) is 0 Å². The van der Waals surface area contributed by atoms with Gasteiger partial charge in [-0.3, -0.25) is 4.79 Å². The largest absolute Gasteiger partial charge is 0.550 e. The number of ether oxygens (including phenoxy) is 1. The van der Waals surface area contributed by atoms with Crippen LogP contribution >= 0.6 is 0 Å². The molecule has 0 N–H and O–H groups in total. The van der Waals surface area contributed by atoms with Crippen molar-refractivity contribution in [1.82, 2.24) is 0 Å². The molecule has 0 aromatic rings. The molecule has 196 valence electrons. The summed E-state index contributed by atoms with van der Waals surface area (Å²) in [4.78, 5) is 23.0. The number of aliphatic carboxylic acids is 1. The van der Waals surface area contributed by atoms with Crippen molar-refractivity contribution in [2.24, 2.45) is 5.92 Å². The number of hydrogen-bond acceptors (Lipinski definition) is 4. The maximum atomic E-state index is 12.1. The van der Waals surface area contributed by atoms with E-state index >= 15 is 0 Å². The fraction of sp³-hybridized carbons (Fsp3) is 0.929. The molecule has 2 unspecified atom stereocenters. The highest BCUT2D eigenvalue weighted by Crippen LogP contribution is 2.18. The highest BCUT2D eigenvalue weighted by atomic mass is 16.5. The van der Waals surface area contributed by atoms with Crippen molar-refractivity contribution in [3.05, 3.63) is 0 Å². The zero-order chi connectivity index (χ0) is 25.0. The van der Waals surface area contributed by atoms with Gasteiger partial charge in [0.05, 0.1) is 21.1 Å². The normalized spacial score (nSPS) is 13.6. The molecule has 0 amide bonds. The number of rotatable bonds is 23. The highest BCUT2D eigenvalue weighted by molar-refractivity contribution is 5.70. The van der Waals surface area contributed by atoms with Gasteiger partial charge in [0.2, 0.25) is 0 Å². The Bertz CT molecular complexity index is 487. The monoisotopic (exact) mass is 469 g/mol. The minimum absolute atomic E-state index is 0.237. The van der Waals surface area contributed by atoms with Gasteiger partial charge in [-0.05, 0) is 12.3 Å². The molecule has 0 aliphatic rings. The second kappa shape index (κ2) is 20.3. The first-order valence-corrected chi connectivity index (χ1v) is 13.8. The second-order valence-electron chi connectivity index (χ2n) is 11.2. The van der Waals surface area contributed by atoms with Gasteiger partial charge in [-0.25, -0.2) is 0 Å². The predicted molar refractivity (Wildman–Crippen MR) is 136 cm³/mol. The van der Waals surface area contributed by atoms with Crippen molar-refractivity contribution in [2.45, 2.75) is 136 Å². The quantitative estimate of drug-likeness (QED) is 0.104. The van der Waals surface area contributed by atoms with Gasteiger partial charge in [0.15, 0.2) is 6.10 Å². The minimum Gasteiger partial charge on any atom is -0.550 e. The zero-order valence-electron chi connectivity index (χ0n) is 22.7. The number of carbonyl (C=O) groups is 2. The van der Waals surface area contributed by atoms with Crippen LogP contribution in [-0.2, 0) is 14.3 Å². The van der Waals surface area contributed by atoms with Crippen molar-refractivity contribution in [1.29, 1.82) is 0 Å². The third kappa shape index (κ3) is 23.8. The number of carbonyl (C=O) groups excluding carboxylic acids is 2. The molecule has 5 nitrogen and oxygen atoms in total. The SMILES string of the molecule is CCCCCC(C)CCCCCCCCCCCCCC(=O)OC(CC(=O)[O-])C[N+](C)(C)C. The lowest BCUT2D eigenvalue weighted by Gasteiger charge is -2.29. The molecule has 0 radical (unpaired) electrons. The first kappa shape index (κ1) is 31.9. The Morgan fingerprint density at radius 1 is 0.758 bits per heavy atom. The summed E-state index contributed by atoms with van der Waals surface area (Å²) in [5.74, 6) is -0.552. The van der Waals surface area contributed by atoms with Crippen molar-refractivity contribution in [3.63, 3.8) is 0 Å². The molecular formula is C28H55NO4. The first-order chi connectivity index (χ1) is 15.6. The fourth-order valence-corrected chi connectivity index (χ4v) is 4.43. The third-order valence-electron chi connectivity index (χ3n) is 6.32. The van der Waals surface area contributed by atoms with E-state index in [1.165, 1.54) is 83.5 Å². The van der Waals surface area contributed by atoms with Gasteiger partial charge in [-0.2, -0.15) is 0 Å². The van der Waals surface area contributed by atoms with Crippen LogP contribution in [0.3, 0.4) is 0 Å². The summed E-state index contributed by atoms with van der Waals surface area (Å²) >= 11 is 0.